The maximum absolute atomic E-state index is 11.6. The monoisotopic (exact) mass is 268 g/mol. The van der Waals surface area contributed by atoms with Gasteiger partial charge < -0.3 is 4.18 Å². The third kappa shape index (κ3) is 2.74. The van der Waals surface area contributed by atoms with Crippen molar-refractivity contribution in [2.45, 2.75) is 6.92 Å². The van der Waals surface area contributed by atoms with Crippen LogP contribution in [-0.4, -0.2) is 11.3 Å². The Hall–Kier alpha value is -1.17. The van der Waals surface area contributed by atoms with Crippen molar-refractivity contribution >= 4 is 31.0 Å². The molecule has 90 valence electrons. The first-order valence-electron chi connectivity index (χ1n) is 5.01. The third-order valence-corrected chi connectivity index (χ3v) is 3.80. The van der Waals surface area contributed by atoms with E-state index >= 15 is 0 Å². The standard InChI is InChI=1S/C12H12O3S2/c1-9-6-7-11-10(8-9)4-3-5-12(11)15-17(13,16)14-2/h3-8H,1-2H3. The highest BCUT2D eigenvalue weighted by Gasteiger charge is 2.09. The van der Waals surface area contributed by atoms with Crippen LogP contribution in [0.15, 0.2) is 36.4 Å². The second-order valence-corrected chi connectivity index (χ2v) is 6.18. The molecule has 2 aromatic carbocycles. The fourth-order valence-electron chi connectivity index (χ4n) is 1.59. The average molecular weight is 268 g/mol. The van der Waals surface area contributed by atoms with Crippen LogP contribution in [0.1, 0.15) is 5.56 Å². The minimum absolute atomic E-state index is 0.476. The number of fused-ring (bicyclic) bond motifs is 1. The number of benzene rings is 2. The zero-order valence-electron chi connectivity index (χ0n) is 9.51. The Labute approximate surface area is 105 Å². The van der Waals surface area contributed by atoms with Crippen molar-refractivity contribution < 1.29 is 12.6 Å². The highest BCUT2D eigenvalue weighted by Crippen LogP contribution is 2.27. The first kappa shape index (κ1) is 12.3. The van der Waals surface area contributed by atoms with E-state index in [-0.39, 0.29) is 0 Å². The molecule has 3 nitrogen and oxygen atoms in total. The van der Waals surface area contributed by atoms with Gasteiger partial charge in [-0.25, -0.2) is 0 Å². The minimum Gasteiger partial charge on any atom is -0.381 e. The molecule has 0 aliphatic carbocycles. The van der Waals surface area contributed by atoms with Crippen molar-refractivity contribution in [3.8, 4) is 5.75 Å². The van der Waals surface area contributed by atoms with E-state index in [2.05, 4.69) is 4.18 Å². The molecular formula is C12H12O3S2. The summed E-state index contributed by atoms with van der Waals surface area (Å²) in [5.74, 6) is 0.476. The Morgan fingerprint density at radius 2 is 2.00 bits per heavy atom. The van der Waals surface area contributed by atoms with E-state index in [4.69, 9.17) is 15.4 Å². The molecule has 0 saturated carbocycles. The molecule has 5 heteroatoms. The molecule has 1 unspecified atom stereocenters. The SMILES string of the molecule is COS(=O)(=S)Oc1cccc2cc(C)ccc12. The van der Waals surface area contributed by atoms with Crippen molar-refractivity contribution in [1.29, 1.82) is 0 Å². The van der Waals surface area contributed by atoms with Crippen LogP contribution in [0.4, 0.5) is 0 Å². The van der Waals surface area contributed by atoms with E-state index in [1.165, 1.54) is 7.11 Å². The molecule has 2 aromatic rings. The average Bonchev–Trinajstić information content (AvgIpc) is 2.28. The summed E-state index contributed by atoms with van der Waals surface area (Å²) in [5, 5.41) is 1.89. The van der Waals surface area contributed by atoms with Crippen molar-refractivity contribution in [2.75, 3.05) is 7.11 Å². The lowest BCUT2D eigenvalue weighted by atomic mass is 10.1. The summed E-state index contributed by atoms with van der Waals surface area (Å²) in [4.78, 5) is 0. The van der Waals surface area contributed by atoms with E-state index in [0.29, 0.717) is 5.75 Å². The molecule has 0 fully saturated rings. The number of rotatable bonds is 3. The maximum Gasteiger partial charge on any atom is 0.314 e. The van der Waals surface area contributed by atoms with Gasteiger partial charge in [0.05, 0.1) is 18.3 Å². The highest BCUT2D eigenvalue weighted by molar-refractivity contribution is 8.27. The first-order valence-corrected chi connectivity index (χ1v) is 7.34. The van der Waals surface area contributed by atoms with Crippen molar-refractivity contribution in [3.63, 3.8) is 0 Å². The van der Waals surface area contributed by atoms with Gasteiger partial charge in [0.1, 0.15) is 0 Å². The van der Waals surface area contributed by atoms with Gasteiger partial charge in [-0.1, -0.05) is 35.9 Å². The maximum atomic E-state index is 11.6. The quantitative estimate of drug-likeness (QED) is 0.857. The molecule has 1 atom stereocenters. The molecule has 0 amide bonds. The molecule has 0 heterocycles. The largest absolute Gasteiger partial charge is 0.381 e. The zero-order valence-corrected chi connectivity index (χ0v) is 11.1. The Morgan fingerprint density at radius 3 is 2.71 bits per heavy atom. The Kier molecular flexibility index (Phi) is 3.33. The lowest BCUT2D eigenvalue weighted by molar-refractivity contribution is 0.382. The fourth-order valence-corrected chi connectivity index (χ4v) is 2.24. The van der Waals surface area contributed by atoms with Crippen LogP contribution >= 0.6 is 0 Å². The van der Waals surface area contributed by atoms with E-state index in [9.17, 15) is 4.21 Å². The zero-order chi connectivity index (χ0) is 12.5. The molecule has 0 radical (unpaired) electrons. The van der Waals surface area contributed by atoms with E-state index in [1.54, 1.807) is 6.07 Å². The van der Waals surface area contributed by atoms with Gasteiger partial charge in [-0.15, -0.1) is 0 Å². The van der Waals surface area contributed by atoms with Crippen LogP contribution in [0.3, 0.4) is 0 Å². The lowest BCUT2D eigenvalue weighted by Gasteiger charge is -2.10. The van der Waals surface area contributed by atoms with Crippen LogP contribution in [-0.2, 0) is 24.4 Å². The highest BCUT2D eigenvalue weighted by atomic mass is 32.9. The van der Waals surface area contributed by atoms with Crippen molar-refractivity contribution in [3.05, 3.63) is 42.0 Å². The number of hydrogen-bond acceptors (Lipinski definition) is 4. The van der Waals surface area contributed by atoms with Crippen LogP contribution < -0.4 is 4.18 Å². The Bertz CT molecular complexity index is 648. The van der Waals surface area contributed by atoms with Gasteiger partial charge in [0.25, 0.3) is 0 Å². The fraction of sp³-hybridized carbons (Fsp3) is 0.167. The topological polar surface area (TPSA) is 35.5 Å². The van der Waals surface area contributed by atoms with Gasteiger partial charge >= 0.3 is 9.05 Å². The van der Waals surface area contributed by atoms with Crippen LogP contribution in [0, 0.1) is 6.92 Å². The minimum atomic E-state index is -3.14. The second kappa shape index (κ2) is 4.60. The number of aryl methyl sites for hydroxylation is 1. The van der Waals surface area contributed by atoms with Gasteiger partial charge in [-0.3, -0.25) is 4.18 Å². The predicted molar refractivity (Wildman–Crippen MR) is 71.8 cm³/mol. The molecule has 0 aromatic heterocycles. The normalized spacial score (nSPS) is 14.5. The number of hydrogen-bond donors (Lipinski definition) is 0. The molecule has 0 saturated heterocycles. The smallest absolute Gasteiger partial charge is 0.314 e. The summed E-state index contributed by atoms with van der Waals surface area (Å²) in [5.41, 5.74) is 1.15. The van der Waals surface area contributed by atoms with Gasteiger partial charge in [-0.05, 0) is 18.4 Å². The molecule has 2 rings (SSSR count). The summed E-state index contributed by atoms with van der Waals surface area (Å²) >= 11 is 4.70. The van der Waals surface area contributed by atoms with Crippen LogP contribution in [0.2, 0.25) is 0 Å². The van der Waals surface area contributed by atoms with Gasteiger partial charge in [0.15, 0.2) is 5.75 Å². The van der Waals surface area contributed by atoms with Crippen LogP contribution in [0.5, 0.6) is 5.75 Å². The van der Waals surface area contributed by atoms with E-state index in [1.807, 2.05) is 37.3 Å². The second-order valence-electron chi connectivity index (χ2n) is 3.64. The first-order chi connectivity index (χ1) is 8.02. The summed E-state index contributed by atoms with van der Waals surface area (Å²) in [6.07, 6.45) is 0. The summed E-state index contributed by atoms with van der Waals surface area (Å²) in [6.45, 7) is 2.01. The van der Waals surface area contributed by atoms with E-state index < -0.39 is 9.05 Å². The molecule has 0 bridgehead atoms. The Morgan fingerprint density at radius 1 is 1.24 bits per heavy atom. The molecule has 0 aliphatic heterocycles. The van der Waals surface area contributed by atoms with Gasteiger partial charge in [0.2, 0.25) is 0 Å². The van der Waals surface area contributed by atoms with Gasteiger partial charge in [0, 0.05) is 5.39 Å². The third-order valence-electron chi connectivity index (χ3n) is 2.39. The van der Waals surface area contributed by atoms with Crippen LogP contribution in [0.25, 0.3) is 10.8 Å². The summed E-state index contributed by atoms with van der Waals surface area (Å²) in [6, 6.07) is 11.4. The molecule has 0 spiro atoms. The van der Waals surface area contributed by atoms with Gasteiger partial charge in [-0.2, -0.15) is 4.21 Å². The molecule has 0 aliphatic rings. The predicted octanol–water partition coefficient (Wildman–Crippen LogP) is 2.75. The van der Waals surface area contributed by atoms with Crippen molar-refractivity contribution in [2.24, 2.45) is 0 Å². The summed E-state index contributed by atoms with van der Waals surface area (Å²) in [7, 11) is -1.87. The summed E-state index contributed by atoms with van der Waals surface area (Å²) < 4.78 is 21.5. The Balaban J connectivity index is 2.55. The lowest BCUT2D eigenvalue weighted by Crippen LogP contribution is -2.09. The molecule has 17 heavy (non-hydrogen) atoms. The van der Waals surface area contributed by atoms with Crippen molar-refractivity contribution in [1.82, 2.24) is 0 Å². The molecule has 0 N–H and O–H groups in total. The molecular weight excluding hydrogens is 256 g/mol. The van der Waals surface area contributed by atoms with E-state index in [0.717, 1.165) is 16.3 Å².